The lowest BCUT2D eigenvalue weighted by molar-refractivity contribution is -0.117. The predicted molar refractivity (Wildman–Crippen MR) is 53.4 cm³/mol. The molecule has 1 aromatic rings. The molecule has 0 spiro atoms. The van der Waals surface area contributed by atoms with E-state index in [0.717, 1.165) is 5.56 Å². The molecule has 0 aromatic heterocycles. The van der Waals surface area contributed by atoms with Crippen molar-refractivity contribution in [3.8, 4) is 0 Å². The minimum Gasteiger partial charge on any atom is -0.611 e. The Morgan fingerprint density at radius 2 is 2.00 bits per heavy atom. The molecule has 0 saturated carbocycles. The number of carbonyl (C=O) groups is 1. The first-order chi connectivity index (χ1) is 6.63. The number of benzene rings is 1. The van der Waals surface area contributed by atoms with Crippen LogP contribution >= 0.6 is 0 Å². The second kappa shape index (κ2) is 5.12. The number of ketones is 1. The van der Waals surface area contributed by atoms with Gasteiger partial charge in [-0.15, -0.1) is 0 Å². The first-order valence-electron chi connectivity index (χ1n) is 4.16. The van der Waals surface area contributed by atoms with Gasteiger partial charge in [-0.1, -0.05) is 17.7 Å². The molecule has 1 atom stereocenters. The SMILES string of the molecule is Cc1ccc([S+]([O-])CC(=O)CF)cc1. The molecule has 0 aliphatic carbocycles. The Bertz CT molecular complexity index is 310. The van der Waals surface area contributed by atoms with Gasteiger partial charge in [-0.25, -0.2) is 4.39 Å². The van der Waals surface area contributed by atoms with Crippen molar-refractivity contribution in [1.29, 1.82) is 0 Å². The first kappa shape index (κ1) is 11.2. The fourth-order valence-electron chi connectivity index (χ4n) is 0.958. The average Bonchev–Trinajstić information content (AvgIpc) is 2.18. The Kier molecular flexibility index (Phi) is 4.10. The third kappa shape index (κ3) is 3.12. The quantitative estimate of drug-likeness (QED) is 0.715. The van der Waals surface area contributed by atoms with Crippen LogP contribution in [-0.2, 0) is 16.0 Å². The fourth-order valence-corrected chi connectivity index (χ4v) is 1.93. The van der Waals surface area contributed by atoms with Gasteiger partial charge in [0.2, 0.25) is 5.78 Å². The summed E-state index contributed by atoms with van der Waals surface area (Å²) in [6.45, 7) is 0.872. The summed E-state index contributed by atoms with van der Waals surface area (Å²) in [6.07, 6.45) is 0. The second-order valence-corrected chi connectivity index (χ2v) is 4.43. The van der Waals surface area contributed by atoms with Crippen molar-refractivity contribution < 1.29 is 13.7 Å². The average molecular weight is 214 g/mol. The summed E-state index contributed by atoms with van der Waals surface area (Å²) in [6, 6.07) is 7.01. The van der Waals surface area contributed by atoms with Crippen molar-refractivity contribution in [2.24, 2.45) is 0 Å². The van der Waals surface area contributed by atoms with Crippen molar-refractivity contribution in [2.45, 2.75) is 11.8 Å². The molecule has 0 heterocycles. The van der Waals surface area contributed by atoms with Gasteiger partial charge in [0, 0.05) is 0 Å². The largest absolute Gasteiger partial charge is 0.611 e. The van der Waals surface area contributed by atoms with Crippen molar-refractivity contribution in [3.05, 3.63) is 29.8 Å². The minimum atomic E-state index is -1.41. The van der Waals surface area contributed by atoms with Crippen LogP contribution in [0.4, 0.5) is 4.39 Å². The molecule has 0 bridgehead atoms. The zero-order valence-corrected chi connectivity index (χ0v) is 8.64. The highest BCUT2D eigenvalue weighted by Gasteiger charge is 2.15. The molecule has 1 unspecified atom stereocenters. The lowest BCUT2D eigenvalue weighted by Gasteiger charge is -2.08. The number of carbonyl (C=O) groups excluding carboxylic acids is 1. The molecule has 0 N–H and O–H groups in total. The van der Waals surface area contributed by atoms with E-state index in [2.05, 4.69) is 0 Å². The molecule has 76 valence electrons. The van der Waals surface area contributed by atoms with Crippen molar-refractivity contribution in [1.82, 2.24) is 0 Å². The van der Waals surface area contributed by atoms with Crippen LogP contribution < -0.4 is 0 Å². The Balaban J connectivity index is 2.65. The monoisotopic (exact) mass is 214 g/mol. The summed E-state index contributed by atoms with van der Waals surface area (Å²) >= 11 is -1.41. The molecule has 0 radical (unpaired) electrons. The van der Waals surface area contributed by atoms with Crippen LogP contribution in [0.3, 0.4) is 0 Å². The molecular weight excluding hydrogens is 203 g/mol. The van der Waals surface area contributed by atoms with Crippen LogP contribution in [0.1, 0.15) is 5.56 Å². The third-order valence-corrected chi connectivity index (χ3v) is 3.11. The van der Waals surface area contributed by atoms with Crippen LogP contribution in [0, 0.1) is 6.92 Å². The maximum absolute atomic E-state index is 11.8. The summed E-state index contributed by atoms with van der Waals surface area (Å²) in [5.74, 6) is -0.858. The molecule has 1 aromatic carbocycles. The molecule has 2 nitrogen and oxygen atoms in total. The summed E-state index contributed by atoms with van der Waals surface area (Å²) in [5, 5.41) is 0. The van der Waals surface area contributed by atoms with Crippen LogP contribution in [0.15, 0.2) is 29.2 Å². The molecule has 4 heteroatoms. The number of halogens is 1. The molecule has 0 aliphatic rings. The maximum Gasteiger partial charge on any atom is 0.213 e. The molecule has 0 aliphatic heterocycles. The van der Waals surface area contributed by atoms with Gasteiger partial charge in [0.15, 0.2) is 17.3 Å². The van der Waals surface area contributed by atoms with E-state index in [0.29, 0.717) is 4.90 Å². The minimum absolute atomic E-state index is 0.237. The maximum atomic E-state index is 11.8. The van der Waals surface area contributed by atoms with Crippen molar-refractivity contribution in [3.63, 3.8) is 0 Å². The number of rotatable bonds is 4. The van der Waals surface area contributed by atoms with Gasteiger partial charge >= 0.3 is 0 Å². The van der Waals surface area contributed by atoms with Gasteiger partial charge in [-0.05, 0) is 30.2 Å². The zero-order valence-electron chi connectivity index (χ0n) is 7.83. The highest BCUT2D eigenvalue weighted by Crippen LogP contribution is 2.12. The topological polar surface area (TPSA) is 40.1 Å². The molecule has 0 fully saturated rings. The standard InChI is InChI=1S/C10H11FO2S/c1-8-2-4-10(5-3-8)14(13)7-9(12)6-11/h2-5H,6-7H2,1H3. The zero-order chi connectivity index (χ0) is 10.6. The van der Waals surface area contributed by atoms with Crippen LogP contribution in [-0.4, -0.2) is 22.8 Å². The number of Topliss-reactive ketones (excluding diaryl/α,β-unsaturated/α-hetero) is 1. The summed E-state index contributed by atoms with van der Waals surface area (Å²) in [5.41, 5.74) is 1.06. The first-order valence-corrected chi connectivity index (χ1v) is 5.48. The van der Waals surface area contributed by atoms with Gasteiger partial charge in [0.25, 0.3) is 0 Å². The lowest BCUT2D eigenvalue weighted by atomic mass is 10.2. The van der Waals surface area contributed by atoms with Gasteiger partial charge in [0.05, 0.1) is 0 Å². The van der Waals surface area contributed by atoms with E-state index in [-0.39, 0.29) is 5.75 Å². The van der Waals surface area contributed by atoms with E-state index in [1.54, 1.807) is 12.1 Å². The normalized spacial score (nSPS) is 12.5. The highest BCUT2D eigenvalue weighted by molar-refractivity contribution is 7.92. The number of aryl methyl sites for hydroxylation is 1. The Morgan fingerprint density at radius 3 is 2.50 bits per heavy atom. The molecule has 0 amide bonds. The predicted octanol–water partition coefficient (Wildman–Crippen LogP) is 1.64. The summed E-state index contributed by atoms with van der Waals surface area (Å²) < 4.78 is 23.3. The summed E-state index contributed by atoms with van der Waals surface area (Å²) in [7, 11) is 0. The van der Waals surface area contributed by atoms with Crippen LogP contribution in [0.2, 0.25) is 0 Å². The smallest absolute Gasteiger partial charge is 0.213 e. The fraction of sp³-hybridized carbons (Fsp3) is 0.300. The van der Waals surface area contributed by atoms with E-state index >= 15 is 0 Å². The van der Waals surface area contributed by atoms with Gasteiger partial charge in [0.1, 0.15) is 0 Å². The molecule has 0 saturated heterocycles. The van der Waals surface area contributed by atoms with Crippen LogP contribution in [0.5, 0.6) is 0 Å². The van der Waals surface area contributed by atoms with Crippen LogP contribution in [0.25, 0.3) is 0 Å². The van der Waals surface area contributed by atoms with Gasteiger partial charge < -0.3 is 4.55 Å². The number of alkyl halides is 1. The van der Waals surface area contributed by atoms with Gasteiger partial charge in [-0.3, -0.25) is 4.79 Å². The number of hydrogen-bond donors (Lipinski definition) is 0. The van der Waals surface area contributed by atoms with E-state index in [9.17, 15) is 13.7 Å². The Labute approximate surface area is 85.3 Å². The van der Waals surface area contributed by atoms with E-state index in [1.807, 2.05) is 19.1 Å². The highest BCUT2D eigenvalue weighted by atomic mass is 32.2. The molecular formula is C10H11FO2S. The Hall–Kier alpha value is -0.870. The number of hydrogen-bond acceptors (Lipinski definition) is 2. The third-order valence-electron chi connectivity index (χ3n) is 1.73. The molecule has 1 rings (SSSR count). The van der Waals surface area contributed by atoms with Gasteiger partial charge in [-0.2, -0.15) is 0 Å². The van der Waals surface area contributed by atoms with E-state index < -0.39 is 23.6 Å². The van der Waals surface area contributed by atoms with Crippen molar-refractivity contribution in [2.75, 3.05) is 12.4 Å². The Morgan fingerprint density at radius 1 is 1.43 bits per heavy atom. The van der Waals surface area contributed by atoms with Crippen molar-refractivity contribution >= 4 is 17.0 Å². The lowest BCUT2D eigenvalue weighted by Crippen LogP contribution is -2.17. The van der Waals surface area contributed by atoms with E-state index in [4.69, 9.17) is 0 Å². The summed E-state index contributed by atoms with van der Waals surface area (Å²) in [4.78, 5) is 11.3. The second-order valence-electron chi connectivity index (χ2n) is 2.98. The molecule has 14 heavy (non-hydrogen) atoms. The van der Waals surface area contributed by atoms with E-state index in [1.165, 1.54) is 0 Å².